The molecule has 3 rings (SSSR count). The average Bonchev–Trinajstić information content (AvgIpc) is 3.02. The van der Waals surface area contributed by atoms with Gasteiger partial charge in [-0.05, 0) is 44.5 Å². The van der Waals surface area contributed by atoms with Crippen molar-refractivity contribution in [2.45, 2.75) is 45.3 Å². The summed E-state index contributed by atoms with van der Waals surface area (Å²) in [5.41, 5.74) is 1.91. The van der Waals surface area contributed by atoms with E-state index < -0.39 is 11.7 Å². The van der Waals surface area contributed by atoms with Crippen LogP contribution in [0, 0.1) is 0 Å². The van der Waals surface area contributed by atoms with Gasteiger partial charge in [-0.2, -0.15) is 0 Å². The maximum Gasteiger partial charge on any atom is 0.412 e. The van der Waals surface area contributed by atoms with Gasteiger partial charge in [-0.15, -0.1) is 0 Å². The summed E-state index contributed by atoms with van der Waals surface area (Å²) in [5, 5.41) is 2.78. The Hall–Kier alpha value is -3.09. The Labute approximate surface area is 177 Å². The molecule has 7 heteroatoms. The van der Waals surface area contributed by atoms with Crippen LogP contribution in [0.5, 0.6) is 23.0 Å². The molecule has 0 aliphatic carbocycles. The number of hydrogen-bond donors (Lipinski definition) is 1. The van der Waals surface area contributed by atoms with Crippen LogP contribution in [0.15, 0.2) is 30.3 Å². The number of carbonyl (C=O) groups is 1. The van der Waals surface area contributed by atoms with E-state index in [4.69, 9.17) is 23.7 Å². The first-order valence-corrected chi connectivity index (χ1v) is 9.77. The van der Waals surface area contributed by atoms with Crippen LogP contribution in [0.3, 0.4) is 0 Å². The van der Waals surface area contributed by atoms with E-state index in [1.807, 2.05) is 45.0 Å². The molecule has 1 aliphatic heterocycles. The van der Waals surface area contributed by atoms with Crippen LogP contribution in [0.1, 0.15) is 50.8 Å². The fourth-order valence-corrected chi connectivity index (χ4v) is 3.51. The highest BCUT2D eigenvalue weighted by atomic mass is 16.6. The second-order valence-electron chi connectivity index (χ2n) is 8.17. The number of anilines is 1. The molecule has 162 valence electrons. The number of ether oxygens (including phenoxy) is 5. The number of fused-ring (bicyclic) bond motifs is 1. The molecule has 0 radical (unpaired) electrons. The second-order valence-corrected chi connectivity index (χ2v) is 8.17. The van der Waals surface area contributed by atoms with Crippen molar-refractivity contribution in [3.63, 3.8) is 0 Å². The number of carbonyl (C=O) groups excluding carboxylic acids is 1. The first-order valence-electron chi connectivity index (χ1n) is 9.77. The van der Waals surface area contributed by atoms with E-state index in [1.165, 1.54) is 0 Å². The van der Waals surface area contributed by atoms with Gasteiger partial charge in [0, 0.05) is 23.2 Å². The van der Waals surface area contributed by atoms with Crippen molar-refractivity contribution in [1.29, 1.82) is 0 Å². The van der Waals surface area contributed by atoms with Gasteiger partial charge >= 0.3 is 6.09 Å². The van der Waals surface area contributed by atoms with Gasteiger partial charge in [-0.3, -0.25) is 5.32 Å². The van der Waals surface area contributed by atoms with Crippen molar-refractivity contribution >= 4 is 11.8 Å². The van der Waals surface area contributed by atoms with Crippen molar-refractivity contribution in [2.24, 2.45) is 0 Å². The fourth-order valence-electron chi connectivity index (χ4n) is 3.51. The molecule has 7 nitrogen and oxygen atoms in total. The minimum absolute atomic E-state index is 0.0207. The molecule has 0 bridgehead atoms. The van der Waals surface area contributed by atoms with Gasteiger partial charge in [0.2, 0.25) is 0 Å². The summed E-state index contributed by atoms with van der Waals surface area (Å²) in [6.45, 7) is 7.53. The molecule has 0 aromatic heterocycles. The SMILES string of the molecule is COc1ccc([C@H]2Oc3c(OC)cc(NC(=O)OC(C)(C)C)cc3[C@@H]2C)cc1OC. The van der Waals surface area contributed by atoms with Gasteiger partial charge < -0.3 is 23.7 Å². The highest BCUT2D eigenvalue weighted by Crippen LogP contribution is 2.52. The van der Waals surface area contributed by atoms with Crippen LogP contribution < -0.4 is 24.3 Å². The number of benzene rings is 2. The molecule has 1 aliphatic rings. The summed E-state index contributed by atoms with van der Waals surface area (Å²) in [6.07, 6.45) is -0.752. The molecule has 30 heavy (non-hydrogen) atoms. The van der Waals surface area contributed by atoms with E-state index in [0.717, 1.165) is 11.1 Å². The van der Waals surface area contributed by atoms with Crippen LogP contribution in [0.2, 0.25) is 0 Å². The molecule has 2 aromatic carbocycles. The molecule has 0 saturated heterocycles. The van der Waals surface area contributed by atoms with E-state index in [2.05, 4.69) is 12.2 Å². The summed E-state index contributed by atoms with van der Waals surface area (Å²) in [4.78, 5) is 12.2. The third-order valence-electron chi connectivity index (χ3n) is 4.87. The molecule has 2 atom stereocenters. The van der Waals surface area contributed by atoms with Crippen molar-refractivity contribution in [3.05, 3.63) is 41.5 Å². The minimum Gasteiger partial charge on any atom is -0.493 e. The summed E-state index contributed by atoms with van der Waals surface area (Å²) in [6, 6.07) is 9.36. The first kappa shape index (κ1) is 21.6. The quantitative estimate of drug-likeness (QED) is 0.715. The highest BCUT2D eigenvalue weighted by Gasteiger charge is 2.35. The number of amides is 1. The van der Waals surface area contributed by atoms with E-state index in [9.17, 15) is 4.79 Å². The molecule has 0 fully saturated rings. The second kappa shape index (κ2) is 8.34. The molecule has 0 saturated carbocycles. The zero-order valence-corrected chi connectivity index (χ0v) is 18.5. The number of nitrogens with one attached hydrogen (secondary N) is 1. The average molecular weight is 415 g/mol. The van der Waals surface area contributed by atoms with E-state index in [1.54, 1.807) is 27.4 Å². The normalized spacial score (nSPS) is 17.6. The monoisotopic (exact) mass is 415 g/mol. The number of rotatable bonds is 5. The molecule has 1 N–H and O–H groups in total. The number of hydrogen-bond acceptors (Lipinski definition) is 6. The Kier molecular flexibility index (Phi) is 6.01. The Bertz CT molecular complexity index is 934. The van der Waals surface area contributed by atoms with E-state index >= 15 is 0 Å². The molecule has 0 spiro atoms. The van der Waals surface area contributed by atoms with Crippen molar-refractivity contribution in [3.8, 4) is 23.0 Å². The Morgan fingerprint density at radius 2 is 1.63 bits per heavy atom. The predicted octanol–water partition coefficient (Wildman–Crippen LogP) is 5.30. The van der Waals surface area contributed by atoms with Gasteiger partial charge in [-0.25, -0.2) is 4.79 Å². The summed E-state index contributed by atoms with van der Waals surface area (Å²) in [5.74, 6) is 2.53. The van der Waals surface area contributed by atoms with Crippen LogP contribution >= 0.6 is 0 Å². The predicted molar refractivity (Wildman–Crippen MR) is 114 cm³/mol. The van der Waals surface area contributed by atoms with Gasteiger partial charge in [0.05, 0.1) is 21.3 Å². The standard InChI is InChI=1S/C23H29NO6/c1-13-16-11-15(24-22(25)30-23(2,3)4)12-19(28-7)21(16)29-20(13)14-8-9-17(26-5)18(10-14)27-6/h8-13,20H,1-7H3,(H,24,25)/t13-,20-/m0/s1. The van der Waals surface area contributed by atoms with E-state index in [0.29, 0.717) is 28.7 Å². The molecule has 0 unspecified atom stereocenters. The largest absolute Gasteiger partial charge is 0.493 e. The lowest BCUT2D eigenvalue weighted by molar-refractivity contribution is 0.0636. The maximum atomic E-state index is 12.2. The molecule has 1 heterocycles. The highest BCUT2D eigenvalue weighted by molar-refractivity contribution is 5.86. The first-order chi connectivity index (χ1) is 14.2. The lowest BCUT2D eigenvalue weighted by atomic mass is 9.92. The molecule has 2 aromatic rings. The summed E-state index contributed by atoms with van der Waals surface area (Å²) < 4.78 is 27.9. The van der Waals surface area contributed by atoms with Crippen LogP contribution in [-0.2, 0) is 4.74 Å². The van der Waals surface area contributed by atoms with Gasteiger partial charge in [0.15, 0.2) is 23.0 Å². The molecular formula is C23H29NO6. The summed E-state index contributed by atoms with van der Waals surface area (Å²) in [7, 11) is 4.78. The third-order valence-corrected chi connectivity index (χ3v) is 4.87. The fraction of sp³-hybridized carbons (Fsp3) is 0.435. The number of methoxy groups -OCH3 is 3. The van der Waals surface area contributed by atoms with Crippen LogP contribution in [-0.4, -0.2) is 33.0 Å². The lowest BCUT2D eigenvalue weighted by Crippen LogP contribution is -2.27. The Balaban J connectivity index is 1.90. The van der Waals surface area contributed by atoms with Crippen molar-refractivity contribution in [2.75, 3.05) is 26.6 Å². The lowest BCUT2D eigenvalue weighted by Gasteiger charge is -2.20. The van der Waals surface area contributed by atoms with E-state index in [-0.39, 0.29) is 12.0 Å². The van der Waals surface area contributed by atoms with Gasteiger partial charge in [0.1, 0.15) is 11.7 Å². The Morgan fingerprint density at radius 3 is 2.23 bits per heavy atom. The van der Waals surface area contributed by atoms with Gasteiger partial charge in [-0.1, -0.05) is 13.0 Å². The molecule has 1 amide bonds. The third kappa shape index (κ3) is 4.40. The molecular weight excluding hydrogens is 386 g/mol. The van der Waals surface area contributed by atoms with Gasteiger partial charge in [0.25, 0.3) is 0 Å². The topological polar surface area (TPSA) is 75.2 Å². The minimum atomic E-state index is -0.584. The zero-order valence-electron chi connectivity index (χ0n) is 18.5. The summed E-state index contributed by atoms with van der Waals surface area (Å²) >= 11 is 0. The van der Waals surface area contributed by atoms with Crippen LogP contribution in [0.4, 0.5) is 10.5 Å². The Morgan fingerprint density at radius 1 is 0.967 bits per heavy atom. The van der Waals surface area contributed by atoms with Crippen molar-refractivity contribution in [1.82, 2.24) is 0 Å². The van der Waals surface area contributed by atoms with Crippen LogP contribution in [0.25, 0.3) is 0 Å². The zero-order chi connectivity index (χ0) is 22.1. The van der Waals surface area contributed by atoms with Crippen molar-refractivity contribution < 1.29 is 28.5 Å². The maximum absolute atomic E-state index is 12.2. The smallest absolute Gasteiger partial charge is 0.412 e.